The minimum Gasteiger partial charge on any atom is -0.493 e. The molecule has 19 heavy (non-hydrogen) atoms. The average Bonchev–Trinajstić information content (AvgIpc) is 3.09. The molecule has 4 nitrogen and oxygen atoms in total. The number of hydrogen-bond acceptors (Lipinski definition) is 4. The second kappa shape index (κ2) is 5.47. The fourth-order valence-electron chi connectivity index (χ4n) is 2.51. The summed E-state index contributed by atoms with van der Waals surface area (Å²) in [6, 6.07) is 10.3. The SMILES string of the molecule is NNC(CCc1ccco1)c1ccc2c(c1)CCO2. The number of nitrogens with one attached hydrogen (secondary N) is 1. The maximum absolute atomic E-state index is 5.68. The van der Waals surface area contributed by atoms with E-state index in [0.29, 0.717) is 0 Å². The van der Waals surface area contributed by atoms with Gasteiger partial charge < -0.3 is 9.15 Å². The van der Waals surface area contributed by atoms with Gasteiger partial charge in [-0.1, -0.05) is 12.1 Å². The van der Waals surface area contributed by atoms with Crippen molar-refractivity contribution in [1.82, 2.24) is 5.43 Å². The predicted octanol–water partition coefficient (Wildman–Crippen LogP) is 2.35. The molecule has 0 radical (unpaired) electrons. The molecule has 100 valence electrons. The molecule has 0 bridgehead atoms. The monoisotopic (exact) mass is 258 g/mol. The van der Waals surface area contributed by atoms with E-state index in [-0.39, 0.29) is 6.04 Å². The summed E-state index contributed by atoms with van der Waals surface area (Å²) in [6.07, 6.45) is 4.46. The summed E-state index contributed by atoms with van der Waals surface area (Å²) in [6.45, 7) is 0.784. The Hall–Kier alpha value is -1.78. The van der Waals surface area contributed by atoms with Crippen molar-refractivity contribution in [3.05, 3.63) is 53.5 Å². The van der Waals surface area contributed by atoms with Crippen LogP contribution in [0.4, 0.5) is 0 Å². The van der Waals surface area contributed by atoms with Gasteiger partial charge in [0.25, 0.3) is 0 Å². The molecular weight excluding hydrogens is 240 g/mol. The third kappa shape index (κ3) is 2.64. The van der Waals surface area contributed by atoms with Crippen molar-refractivity contribution in [3.8, 4) is 5.75 Å². The van der Waals surface area contributed by atoms with Crippen LogP contribution in [0.2, 0.25) is 0 Å². The Balaban J connectivity index is 1.71. The topological polar surface area (TPSA) is 60.4 Å². The van der Waals surface area contributed by atoms with E-state index < -0.39 is 0 Å². The molecule has 0 saturated heterocycles. The van der Waals surface area contributed by atoms with E-state index in [9.17, 15) is 0 Å². The van der Waals surface area contributed by atoms with Crippen LogP contribution in [0.15, 0.2) is 41.0 Å². The van der Waals surface area contributed by atoms with E-state index in [4.69, 9.17) is 15.0 Å². The lowest BCUT2D eigenvalue weighted by atomic mass is 9.99. The van der Waals surface area contributed by atoms with E-state index in [1.807, 2.05) is 18.2 Å². The zero-order chi connectivity index (χ0) is 13.1. The molecule has 4 heteroatoms. The number of rotatable bonds is 5. The van der Waals surface area contributed by atoms with Crippen molar-refractivity contribution in [2.75, 3.05) is 6.61 Å². The first kappa shape index (κ1) is 12.3. The van der Waals surface area contributed by atoms with E-state index in [0.717, 1.165) is 37.4 Å². The van der Waals surface area contributed by atoms with Crippen molar-refractivity contribution >= 4 is 0 Å². The maximum atomic E-state index is 5.68. The van der Waals surface area contributed by atoms with Crippen LogP contribution in [0, 0.1) is 0 Å². The highest BCUT2D eigenvalue weighted by molar-refractivity contribution is 5.40. The molecule has 2 heterocycles. The van der Waals surface area contributed by atoms with Crippen molar-refractivity contribution in [3.63, 3.8) is 0 Å². The number of fused-ring (bicyclic) bond motifs is 1. The quantitative estimate of drug-likeness (QED) is 0.638. The van der Waals surface area contributed by atoms with E-state index >= 15 is 0 Å². The fraction of sp³-hybridized carbons (Fsp3) is 0.333. The minimum absolute atomic E-state index is 0.135. The summed E-state index contributed by atoms with van der Waals surface area (Å²) in [4.78, 5) is 0. The van der Waals surface area contributed by atoms with Crippen LogP contribution in [0.3, 0.4) is 0 Å². The molecule has 0 amide bonds. The maximum Gasteiger partial charge on any atom is 0.122 e. The normalized spacial score (nSPS) is 15.0. The molecule has 0 fully saturated rings. The van der Waals surface area contributed by atoms with Gasteiger partial charge in [-0.05, 0) is 35.7 Å². The lowest BCUT2D eigenvalue weighted by molar-refractivity contribution is 0.356. The number of furan rings is 1. The molecule has 0 saturated carbocycles. The number of benzene rings is 1. The highest BCUT2D eigenvalue weighted by Gasteiger charge is 2.16. The highest BCUT2D eigenvalue weighted by Crippen LogP contribution is 2.29. The van der Waals surface area contributed by atoms with Crippen molar-refractivity contribution in [2.45, 2.75) is 25.3 Å². The molecule has 1 aliphatic rings. The number of nitrogens with two attached hydrogens (primary N) is 1. The Morgan fingerprint density at radius 1 is 1.32 bits per heavy atom. The number of aryl methyl sites for hydroxylation is 1. The van der Waals surface area contributed by atoms with Gasteiger partial charge in [0.15, 0.2) is 0 Å². The lowest BCUT2D eigenvalue weighted by Crippen LogP contribution is -2.28. The first-order valence-corrected chi connectivity index (χ1v) is 6.61. The minimum atomic E-state index is 0.135. The Kier molecular flexibility index (Phi) is 3.53. The van der Waals surface area contributed by atoms with Crippen LogP contribution in [-0.2, 0) is 12.8 Å². The zero-order valence-electron chi connectivity index (χ0n) is 10.8. The molecule has 0 aliphatic carbocycles. The second-order valence-electron chi connectivity index (χ2n) is 4.80. The third-order valence-corrected chi connectivity index (χ3v) is 3.58. The standard InChI is InChI=1S/C15H18N2O2/c16-17-14(5-4-13-2-1-8-18-13)11-3-6-15-12(10-11)7-9-19-15/h1-3,6,8,10,14,17H,4-5,7,9,16H2. The van der Waals surface area contributed by atoms with Crippen LogP contribution < -0.4 is 16.0 Å². The first-order chi connectivity index (χ1) is 9.36. The van der Waals surface area contributed by atoms with Gasteiger partial charge in [0.05, 0.1) is 12.9 Å². The predicted molar refractivity (Wildman–Crippen MR) is 72.7 cm³/mol. The summed E-state index contributed by atoms with van der Waals surface area (Å²) in [5.74, 6) is 7.67. The van der Waals surface area contributed by atoms with Crippen LogP contribution in [0.1, 0.15) is 29.3 Å². The summed E-state index contributed by atoms with van der Waals surface area (Å²) < 4.78 is 10.9. The van der Waals surface area contributed by atoms with Gasteiger partial charge in [-0.2, -0.15) is 0 Å². The van der Waals surface area contributed by atoms with E-state index in [1.165, 1.54) is 11.1 Å². The lowest BCUT2D eigenvalue weighted by Gasteiger charge is -2.16. The van der Waals surface area contributed by atoms with Crippen LogP contribution in [0.25, 0.3) is 0 Å². The molecule has 2 aromatic rings. The van der Waals surface area contributed by atoms with Crippen LogP contribution >= 0.6 is 0 Å². The third-order valence-electron chi connectivity index (χ3n) is 3.58. The van der Waals surface area contributed by atoms with Gasteiger partial charge in [-0.3, -0.25) is 11.3 Å². The van der Waals surface area contributed by atoms with E-state index in [2.05, 4.69) is 17.6 Å². The fourth-order valence-corrected chi connectivity index (χ4v) is 2.51. The summed E-state index contributed by atoms with van der Waals surface area (Å²) >= 11 is 0. The second-order valence-corrected chi connectivity index (χ2v) is 4.80. The molecule has 1 unspecified atom stereocenters. The van der Waals surface area contributed by atoms with Gasteiger partial charge in [-0.25, -0.2) is 0 Å². The van der Waals surface area contributed by atoms with Crippen LogP contribution in [0.5, 0.6) is 5.75 Å². The molecule has 1 aliphatic heterocycles. The average molecular weight is 258 g/mol. The summed E-state index contributed by atoms with van der Waals surface area (Å²) in [5.41, 5.74) is 5.37. The van der Waals surface area contributed by atoms with Crippen molar-refractivity contribution in [1.29, 1.82) is 0 Å². The summed E-state index contributed by atoms with van der Waals surface area (Å²) in [7, 11) is 0. The Morgan fingerprint density at radius 3 is 3.05 bits per heavy atom. The molecule has 3 N–H and O–H groups in total. The Labute approximate surface area is 112 Å². The molecule has 3 rings (SSSR count). The van der Waals surface area contributed by atoms with Gasteiger partial charge in [0.2, 0.25) is 0 Å². The molecule has 1 atom stereocenters. The van der Waals surface area contributed by atoms with Gasteiger partial charge in [0, 0.05) is 18.9 Å². The van der Waals surface area contributed by atoms with Gasteiger partial charge in [0.1, 0.15) is 11.5 Å². The molecule has 1 aromatic heterocycles. The molecule has 0 spiro atoms. The van der Waals surface area contributed by atoms with Crippen LogP contribution in [-0.4, -0.2) is 6.61 Å². The number of hydrogen-bond donors (Lipinski definition) is 2. The largest absolute Gasteiger partial charge is 0.493 e. The zero-order valence-corrected chi connectivity index (χ0v) is 10.8. The van der Waals surface area contributed by atoms with Gasteiger partial charge in [-0.15, -0.1) is 0 Å². The molecule has 1 aromatic carbocycles. The number of hydrazine groups is 1. The summed E-state index contributed by atoms with van der Waals surface area (Å²) in [5, 5.41) is 0. The Bertz CT molecular complexity index is 537. The smallest absolute Gasteiger partial charge is 0.122 e. The van der Waals surface area contributed by atoms with Gasteiger partial charge >= 0.3 is 0 Å². The molecular formula is C15H18N2O2. The highest BCUT2D eigenvalue weighted by atomic mass is 16.5. The first-order valence-electron chi connectivity index (χ1n) is 6.61. The van der Waals surface area contributed by atoms with Crippen molar-refractivity contribution < 1.29 is 9.15 Å². The van der Waals surface area contributed by atoms with Crippen molar-refractivity contribution in [2.24, 2.45) is 5.84 Å². The Morgan fingerprint density at radius 2 is 2.26 bits per heavy atom. The number of ether oxygens (including phenoxy) is 1. The van der Waals surface area contributed by atoms with E-state index in [1.54, 1.807) is 6.26 Å².